The highest BCUT2D eigenvalue weighted by atomic mass is 14.7. The van der Waals surface area contributed by atoms with E-state index in [-0.39, 0.29) is 0 Å². The van der Waals surface area contributed by atoms with E-state index in [1.165, 1.54) is 44.1 Å². The van der Waals surface area contributed by atoms with Crippen LogP contribution in [0.25, 0.3) is 32.9 Å². The summed E-state index contributed by atoms with van der Waals surface area (Å²) in [5.74, 6) is 0. The molecule has 4 aromatic rings. The Kier molecular flexibility index (Phi) is 1.80. The number of aromatic amines is 1. The highest BCUT2D eigenvalue weighted by molar-refractivity contribution is 6.10. The van der Waals surface area contributed by atoms with Crippen molar-refractivity contribution in [1.82, 2.24) is 4.98 Å². The number of hydrogen-bond donors (Lipinski definition) is 1. The molecule has 1 aromatic heterocycles. The maximum absolute atomic E-state index is 3.60. The minimum atomic E-state index is 0.982. The Bertz CT molecular complexity index is 976. The van der Waals surface area contributed by atoms with Crippen LogP contribution in [-0.2, 0) is 6.42 Å². The van der Waals surface area contributed by atoms with Gasteiger partial charge in [0.05, 0.1) is 5.52 Å². The van der Waals surface area contributed by atoms with E-state index in [2.05, 4.69) is 59.6 Å². The molecule has 0 spiro atoms. The van der Waals surface area contributed by atoms with Crippen molar-refractivity contribution in [2.45, 2.75) is 6.42 Å². The van der Waals surface area contributed by atoms with E-state index in [0.29, 0.717) is 0 Å². The van der Waals surface area contributed by atoms with Crippen LogP contribution in [-0.4, -0.2) is 4.98 Å². The van der Waals surface area contributed by atoms with E-state index >= 15 is 0 Å². The molecule has 0 atom stereocenters. The molecule has 0 bridgehead atoms. The average Bonchev–Trinajstić information content (AvgIpc) is 3.05. The molecule has 1 N–H and O–H groups in total. The Morgan fingerprint density at radius 1 is 0.850 bits per heavy atom. The molecule has 0 aliphatic heterocycles. The molecule has 1 nitrogen and oxygen atoms in total. The van der Waals surface area contributed by atoms with Crippen LogP contribution >= 0.6 is 0 Å². The molecule has 0 fully saturated rings. The lowest BCUT2D eigenvalue weighted by Crippen LogP contribution is -1.82. The predicted molar refractivity (Wildman–Crippen MR) is 82.9 cm³/mol. The van der Waals surface area contributed by atoms with Gasteiger partial charge in [0.15, 0.2) is 0 Å². The summed E-state index contributed by atoms with van der Waals surface area (Å²) in [6, 6.07) is 22.7. The minimum Gasteiger partial charge on any atom is -0.354 e. The van der Waals surface area contributed by atoms with Crippen LogP contribution in [0.1, 0.15) is 11.1 Å². The van der Waals surface area contributed by atoms with Crippen LogP contribution in [0.5, 0.6) is 0 Å². The van der Waals surface area contributed by atoms with Crippen molar-refractivity contribution in [2.75, 3.05) is 0 Å². The summed E-state index contributed by atoms with van der Waals surface area (Å²) in [7, 11) is 0. The van der Waals surface area contributed by atoms with Crippen LogP contribution in [0.15, 0.2) is 54.6 Å². The number of rotatable bonds is 0. The molecule has 0 unspecified atom stereocenters. The summed E-state index contributed by atoms with van der Waals surface area (Å²) in [6.07, 6.45) is 0.982. The minimum absolute atomic E-state index is 0.982. The predicted octanol–water partition coefficient (Wildman–Crippen LogP) is 4.69. The molecule has 93 valence electrons. The lowest BCUT2D eigenvalue weighted by atomic mass is 10.0. The first-order valence-electron chi connectivity index (χ1n) is 6.94. The monoisotopic (exact) mass is 254 g/mol. The van der Waals surface area contributed by atoms with Gasteiger partial charge < -0.3 is 4.98 Å². The Morgan fingerprint density at radius 2 is 1.80 bits per heavy atom. The zero-order valence-corrected chi connectivity index (χ0v) is 10.9. The first-order valence-corrected chi connectivity index (χ1v) is 6.94. The summed E-state index contributed by atoms with van der Waals surface area (Å²) in [4.78, 5) is 3.60. The number of aromatic nitrogens is 1. The van der Waals surface area contributed by atoms with Crippen molar-refractivity contribution in [3.63, 3.8) is 0 Å². The Hall–Kier alpha value is -2.54. The van der Waals surface area contributed by atoms with Gasteiger partial charge in [0, 0.05) is 22.7 Å². The molecule has 5 rings (SSSR count). The van der Waals surface area contributed by atoms with Crippen LogP contribution in [0.2, 0.25) is 0 Å². The lowest BCUT2D eigenvalue weighted by molar-refractivity contribution is 1.27. The van der Waals surface area contributed by atoms with Gasteiger partial charge >= 0.3 is 0 Å². The molecule has 1 heterocycles. The second-order valence-electron chi connectivity index (χ2n) is 5.42. The topological polar surface area (TPSA) is 15.8 Å². The fraction of sp³-hybridized carbons (Fsp3) is 0.0526. The first-order chi connectivity index (χ1) is 9.92. The van der Waals surface area contributed by atoms with E-state index < -0.39 is 0 Å². The molecule has 1 radical (unpaired) electrons. The number of nitrogens with one attached hydrogen (secondary N) is 1. The third kappa shape index (κ3) is 1.17. The van der Waals surface area contributed by atoms with E-state index in [4.69, 9.17) is 0 Å². The van der Waals surface area contributed by atoms with E-state index in [0.717, 1.165) is 6.42 Å². The Balaban J connectivity index is 1.93. The van der Waals surface area contributed by atoms with Gasteiger partial charge in [-0.1, -0.05) is 48.5 Å². The SMILES string of the molecule is [c]1cccc2c1Cc1c-2ccc2c1[nH]c1ccccc12. The van der Waals surface area contributed by atoms with Crippen molar-refractivity contribution < 1.29 is 0 Å². The van der Waals surface area contributed by atoms with Crippen molar-refractivity contribution in [1.29, 1.82) is 0 Å². The molecule has 0 saturated heterocycles. The first kappa shape index (κ1) is 10.3. The number of para-hydroxylation sites is 1. The summed E-state index contributed by atoms with van der Waals surface area (Å²) in [5, 5.41) is 2.64. The third-order valence-corrected chi connectivity index (χ3v) is 4.38. The van der Waals surface area contributed by atoms with Crippen molar-refractivity contribution in [3.8, 4) is 11.1 Å². The smallest absolute Gasteiger partial charge is 0.0507 e. The lowest BCUT2D eigenvalue weighted by Gasteiger charge is -2.01. The van der Waals surface area contributed by atoms with Gasteiger partial charge in [0.1, 0.15) is 0 Å². The van der Waals surface area contributed by atoms with E-state index in [1.807, 2.05) is 6.07 Å². The van der Waals surface area contributed by atoms with Gasteiger partial charge in [-0.3, -0.25) is 0 Å². The molecular formula is C19H12N. The van der Waals surface area contributed by atoms with Gasteiger partial charge in [-0.05, 0) is 34.4 Å². The second kappa shape index (κ2) is 3.51. The largest absolute Gasteiger partial charge is 0.354 e. The maximum atomic E-state index is 3.60. The third-order valence-electron chi connectivity index (χ3n) is 4.38. The number of fused-ring (bicyclic) bond motifs is 7. The quantitative estimate of drug-likeness (QED) is 0.412. The molecule has 1 heteroatoms. The molecule has 20 heavy (non-hydrogen) atoms. The molecular weight excluding hydrogens is 242 g/mol. The maximum Gasteiger partial charge on any atom is 0.0507 e. The Morgan fingerprint density at radius 3 is 2.80 bits per heavy atom. The molecule has 1 aliphatic rings. The average molecular weight is 254 g/mol. The fourth-order valence-electron chi connectivity index (χ4n) is 3.46. The summed E-state index contributed by atoms with van der Waals surface area (Å²) < 4.78 is 0. The van der Waals surface area contributed by atoms with Crippen molar-refractivity contribution in [3.05, 3.63) is 71.8 Å². The fourth-order valence-corrected chi connectivity index (χ4v) is 3.46. The van der Waals surface area contributed by atoms with Gasteiger partial charge in [-0.15, -0.1) is 0 Å². The van der Waals surface area contributed by atoms with E-state index in [1.54, 1.807) is 0 Å². The number of benzene rings is 3. The van der Waals surface area contributed by atoms with E-state index in [9.17, 15) is 0 Å². The van der Waals surface area contributed by atoms with Crippen molar-refractivity contribution in [2.24, 2.45) is 0 Å². The number of hydrogen-bond acceptors (Lipinski definition) is 0. The van der Waals surface area contributed by atoms with Crippen LogP contribution < -0.4 is 0 Å². The molecule has 0 saturated carbocycles. The zero-order chi connectivity index (χ0) is 13.1. The highest BCUT2D eigenvalue weighted by Gasteiger charge is 2.21. The number of H-pyrrole nitrogens is 1. The van der Waals surface area contributed by atoms with Gasteiger partial charge in [-0.2, -0.15) is 0 Å². The molecule has 0 amide bonds. The summed E-state index contributed by atoms with van der Waals surface area (Å²) in [5.41, 5.74) is 7.92. The second-order valence-corrected chi connectivity index (χ2v) is 5.42. The van der Waals surface area contributed by atoms with Crippen molar-refractivity contribution >= 4 is 21.8 Å². The van der Waals surface area contributed by atoms with Crippen LogP contribution in [0.3, 0.4) is 0 Å². The standard InChI is InChI=1S/C19H12N/c1-2-6-13-12(5-1)11-17-14(13)9-10-16-15-7-3-4-8-18(15)20-19(16)17/h1-4,6-10,20H,11H2. The summed E-state index contributed by atoms with van der Waals surface area (Å²) in [6.45, 7) is 0. The Labute approximate surface area is 116 Å². The van der Waals surface area contributed by atoms with Crippen LogP contribution in [0, 0.1) is 6.07 Å². The molecule has 1 aliphatic carbocycles. The van der Waals surface area contributed by atoms with Gasteiger partial charge in [0.25, 0.3) is 0 Å². The van der Waals surface area contributed by atoms with Crippen LogP contribution in [0.4, 0.5) is 0 Å². The molecule has 3 aromatic carbocycles. The highest BCUT2D eigenvalue weighted by Crippen LogP contribution is 2.41. The normalized spacial score (nSPS) is 12.8. The summed E-state index contributed by atoms with van der Waals surface area (Å²) >= 11 is 0. The van der Waals surface area contributed by atoms with Gasteiger partial charge in [-0.25, -0.2) is 0 Å². The van der Waals surface area contributed by atoms with Gasteiger partial charge in [0.2, 0.25) is 0 Å². The zero-order valence-electron chi connectivity index (χ0n) is 10.9.